The fourth-order valence-electron chi connectivity index (χ4n) is 5.67. The number of anilines is 2. The van der Waals surface area contributed by atoms with Crippen molar-refractivity contribution >= 4 is 22.5 Å². The number of ether oxygens (including phenoxy) is 3. The Bertz CT molecular complexity index is 1540. The van der Waals surface area contributed by atoms with Crippen LogP contribution in [-0.2, 0) is 10.9 Å². The van der Waals surface area contributed by atoms with Crippen LogP contribution in [0.5, 0.6) is 11.9 Å². The molecule has 0 aromatic carbocycles. The molecule has 1 aliphatic heterocycles. The van der Waals surface area contributed by atoms with Crippen LogP contribution in [0.3, 0.4) is 0 Å². The summed E-state index contributed by atoms with van der Waals surface area (Å²) in [7, 11) is 0. The molecule has 1 aliphatic carbocycles. The Hall–Kier alpha value is -3.56. The monoisotopic (exact) mass is 680 g/mol. The predicted octanol–water partition coefficient (Wildman–Crippen LogP) is 5.85. The molecule has 1 saturated carbocycles. The van der Waals surface area contributed by atoms with Crippen molar-refractivity contribution in [1.29, 1.82) is 0 Å². The van der Waals surface area contributed by atoms with Gasteiger partial charge in [0.05, 0.1) is 30.6 Å². The minimum absolute atomic E-state index is 0.0949. The molecule has 0 saturated heterocycles. The number of aryl methyl sites for hydroxylation is 1. The summed E-state index contributed by atoms with van der Waals surface area (Å²) in [6.07, 6.45) is -2.80. The molecular weight excluding hydrogens is 632 g/mol. The molecule has 1 atom stereocenters. The van der Waals surface area contributed by atoms with Gasteiger partial charge in [-0.25, -0.2) is 14.4 Å². The Labute approximate surface area is 279 Å². The summed E-state index contributed by atoms with van der Waals surface area (Å²) in [6, 6.07) is 0.871. The second kappa shape index (κ2) is 16.2. The minimum atomic E-state index is -4.86. The topological polar surface area (TPSA) is 133 Å². The highest BCUT2D eigenvalue weighted by atomic mass is 19.4. The summed E-state index contributed by atoms with van der Waals surface area (Å²) in [6.45, 7) is 16.7. The number of rotatable bonds is 11. The molecule has 48 heavy (non-hydrogen) atoms. The molecule has 4 N–H and O–H groups in total. The molecule has 2 aliphatic rings. The van der Waals surface area contributed by atoms with Crippen LogP contribution in [-0.4, -0.2) is 90.0 Å². The minimum Gasteiger partial charge on any atom is -0.474 e. The van der Waals surface area contributed by atoms with Crippen LogP contribution in [0.15, 0.2) is 6.07 Å². The highest BCUT2D eigenvalue weighted by molar-refractivity contribution is 5.96. The molecule has 0 radical (unpaired) electrons. The second-order valence-electron chi connectivity index (χ2n) is 12.0. The second-order valence-corrected chi connectivity index (χ2v) is 12.0. The van der Waals surface area contributed by atoms with E-state index in [9.17, 15) is 13.2 Å². The molecule has 3 aromatic heterocycles. The average Bonchev–Trinajstić information content (AvgIpc) is 3.81. The lowest BCUT2D eigenvalue weighted by Gasteiger charge is -2.26. The third-order valence-corrected chi connectivity index (χ3v) is 8.35. The number of nitrogens with two attached hydrogens (primary N) is 1. The average molecular weight is 681 g/mol. The van der Waals surface area contributed by atoms with Crippen molar-refractivity contribution in [3.8, 4) is 23.1 Å². The van der Waals surface area contributed by atoms with E-state index in [4.69, 9.17) is 19.9 Å². The molecule has 266 valence electrons. The molecule has 3 aromatic rings. The number of hydrogen-bond acceptors (Lipinski definition) is 11. The van der Waals surface area contributed by atoms with Gasteiger partial charge in [0, 0.05) is 43.8 Å². The predicted molar refractivity (Wildman–Crippen MR) is 178 cm³/mol. The number of nitrogens with zero attached hydrogens (tertiary/aromatic N) is 5. The first-order chi connectivity index (χ1) is 22.9. The van der Waals surface area contributed by atoms with E-state index in [0.29, 0.717) is 45.9 Å². The SMILES string of the molecule is CC.CCOCCN(CC)CC1(COc2nc3c4c(nc(-c5cc(N)nc(C)c5C(F)(F)F)c(F)c4n2)OC(C)CCNCCN3)CC1. The molecule has 0 bridgehead atoms. The summed E-state index contributed by atoms with van der Waals surface area (Å²) >= 11 is 0. The molecule has 1 fully saturated rings. The number of halogens is 4. The fourth-order valence-corrected chi connectivity index (χ4v) is 5.67. The number of nitrogen functional groups attached to an aromatic ring is 1. The molecule has 1 unspecified atom stereocenters. The molecule has 0 spiro atoms. The van der Waals surface area contributed by atoms with Crippen molar-refractivity contribution < 1.29 is 31.8 Å². The van der Waals surface area contributed by atoms with Gasteiger partial charge in [-0.3, -0.25) is 0 Å². The number of nitrogens with one attached hydrogen (secondary N) is 2. The summed E-state index contributed by atoms with van der Waals surface area (Å²) < 4.78 is 77.3. The summed E-state index contributed by atoms with van der Waals surface area (Å²) in [5, 5.41) is 6.60. The van der Waals surface area contributed by atoms with Gasteiger partial charge in [-0.2, -0.15) is 23.1 Å². The van der Waals surface area contributed by atoms with Gasteiger partial charge in [0.15, 0.2) is 5.82 Å². The van der Waals surface area contributed by atoms with E-state index in [-0.39, 0.29) is 39.8 Å². The lowest BCUT2D eigenvalue weighted by molar-refractivity contribution is -0.137. The first-order valence-electron chi connectivity index (χ1n) is 16.7. The van der Waals surface area contributed by atoms with Crippen LogP contribution in [0.2, 0.25) is 0 Å². The molecule has 15 heteroatoms. The maximum Gasteiger partial charge on any atom is 0.418 e. The van der Waals surface area contributed by atoms with Crippen LogP contribution in [0, 0.1) is 18.2 Å². The summed E-state index contributed by atoms with van der Waals surface area (Å²) in [5.74, 6) is -1.17. The number of hydrogen-bond donors (Lipinski definition) is 3. The third kappa shape index (κ3) is 8.91. The largest absolute Gasteiger partial charge is 0.474 e. The van der Waals surface area contributed by atoms with E-state index in [1.54, 1.807) is 6.92 Å². The normalized spacial score (nSPS) is 17.5. The third-order valence-electron chi connectivity index (χ3n) is 8.35. The van der Waals surface area contributed by atoms with Gasteiger partial charge in [-0.15, -0.1) is 0 Å². The first-order valence-corrected chi connectivity index (χ1v) is 16.7. The van der Waals surface area contributed by atoms with Crippen molar-refractivity contribution in [2.45, 2.75) is 73.1 Å². The van der Waals surface area contributed by atoms with Gasteiger partial charge in [-0.1, -0.05) is 20.8 Å². The lowest BCUT2D eigenvalue weighted by Crippen LogP contribution is -2.35. The number of aromatic nitrogens is 4. The first kappa shape index (κ1) is 37.3. The van der Waals surface area contributed by atoms with E-state index in [0.717, 1.165) is 38.5 Å². The molecule has 11 nitrogen and oxygen atoms in total. The standard InChI is InChI=1S/C31H42F4N8O3.C2H6/c1-5-43(13-14-44-6-2)16-30(8-9-30)17-45-29-41-26-22-27(42-29)38-12-11-37-10-7-18(3)46-28(22)40-25(24(26)32)20-15-21(36)39-19(4)23(20)31(33,34)35;1-2/h15,18,37H,5-14,16-17H2,1-4H3,(H2,36,39)(H,38,41,42);1-2H3. The number of alkyl halides is 3. The van der Waals surface area contributed by atoms with E-state index in [1.807, 2.05) is 20.8 Å². The van der Waals surface area contributed by atoms with E-state index in [1.165, 1.54) is 6.92 Å². The van der Waals surface area contributed by atoms with Crippen LogP contribution in [0.1, 0.15) is 65.1 Å². The van der Waals surface area contributed by atoms with Gasteiger partial charge in [0.1, 0.15) is 28.2 Å². The van der Waals surface area contributed by atoms with Gasteiger partial charge < -0.3 is 35.5 Å². The Morgan fingerprint density at radius 2 is 1.85 bits per heavy atom. The quantitative estimate of drug-likeness (QED) is 0.166. The van der Waals surface area contributed by atoms with E-state index >= 15 is 4.39 Å². The number of likely N-dealkylation sites (N-methyl/N-ethyl adjacent to an activating group) is 1. The lowest BCUT2D eigenvalue weighted by atomic mass is 10.0. The Balaban J connectivity index is 0.00000255. The zero-order valence-corrected chi connectivity index (χ0v) is 28.7. The van der Waals surface area contributed by atoms with Gasteiger partial charge in [0.25, 0.3) is 0 Å². The Kier molecular flexibility index (Phi) is 12.6. The maximum atomic E-state index is 16.6. The van der Waals surface area contributed by atoms with Gasteiger partial charge >= 0.3 is 12.2 Å². The summed E-state index contributed by atoms with van der Waals surface area (Å²) in [5.41, 5.74) is 2.77. The van der Waals surface area contributed by atoms with Crippen LogP contribution in [0.4, 0.5) is 29.2 Å². The fraction of sp³-hybridized carbons (Fsp3) is 0.636. The van der Waals surface area contributed by atoms with Crippen molar-refractivity contribution in [3.63, 3.8) is 0 Å². The van der Waals surface area contributed by atoms with Gasteiger partial charge in [-0.05, 0) is 59.2 Å². The van der Waals surface area contributed by atoms with Gasteiger partial charge in [0.2, 0.25) is 5.88 Å². The van der Waals surface area contributed by atoms with Crippen LogP contribution in [0.25, 0.3) is 22.2 Å². The van der Waals surface area contributed by atoms with Crippen LogP contribution < -0.4 is 25.8 Å². The highest BCUT2D eigenvalue weighted by Crippen LogP contribution is 2.47. The molecular formula is C33H48F4N8O3. The highest BCUT2D eigenvalue weighted by Gasteiger charge is 2.45. The van der Waals surface area contributed by atoms with Crippen LogP contribution >= 0.6 is 0 Å². The van der Waals surface area contributed by atoms with E-state index in [2.05, 4.69) is 42.4 Å². The van der Waals surface area contributed by atoms with Crippen molar-refractivity contribution in [1.82, 2.24) is 30.2 Å². The molecule has 0 amide bonds. The van der Waals surface area contributed by atoms with Crippen molar-refractivity contribution in [2.24, 2.45) is 5.41 Å². The van der Waals surface area contributed by atoms with E-state index < -0.39 is 40.6 Å². The Morgan fingerprint density at radius 3 is 2.52 bits per heavy atom. The number of pyridine rings is 2. The van der Waals surface area contributed by atoms with Crippen molar-refractivity contribution in [3.05, 3.63) is 23.1 Å². The Morgan fingerprint density at radius 1 is 1.10 bits per heavy atom. The smallest absolute Gasteiger partial charge is 0.418 e. The summed E-state index contributed by atoms with van der Waals surface area (Å²) in [4.78, 5) is 19.4. The van der Waals surface area contributed by atoms with Crippen molar-refractivity contribution in [2.75, 3.05) is 70.1 Å². The maximum absolute atomic E-state index is 16.6. The molecule has 5 rings (SSSR count). The zero-order valence-electron chi connectivity index (χ0n) is 28.7. The zero-order chi connectivity index (χ0) is 35.1. The molecule has 4 heterocycles.